The molecular formula is C14H23NO. The number of hydrogen-bond acceptors (Lipinski definition) is 2. The standard InChI is InChI=1S/C14H23NO/c1-4-15(11-5-6-13(3)16)14-9-7-12(2)8-10-14/h7-10,13,16H,4-6,11H2,1-3H3. The molecule has 0 saturated heterocycles. The Morgan fingerprint density at radius 1 is 1.25 bits per heavy atom. The van der Waals surface area contributed by atoms with Crippen molar-refractivity contribution in [3.63, 3.8) is 0 Å². The molecule has 1 unspecified atom stereocenters. The molecule has 90 valence electrons. The molecule has 0 amide bonds. The van der Waals surface area contributed by atoms with Crippen molar-refractivity contribution in [2.24, 2.45) is 0 Å². The number of benzene rings is 1. The third-order valence-electron chi connectivity index (χ3n) is 2.83. The fourth-order valence-electron chi connectivity index (χ4n) is 1.80. The van der Waals surface area contributed by atoms with Crippen LogP contribution in [0.1, 0.15) is 32.3 Å². The SMILES string of the molecule is CCN(CCCC(C)O)c1ccc(C)cc1. The van der Waals surface area contributed by atoms with Gasteiger partial charge in [0.1, 0.15) is 0 Å². The summed E-state index contributed by atoms with van der Waals surface area (Å²) >= 11 is 0. The highest BCUT2D eigenvalue weighted by Gasteiger charge is 2.04. The average molecular weight is 221 g/mol. The third kappa shape index (κ3) is 4.23. The molecular weight excluding hydrogens is 198 g/mol. The van der Waals surface area contributed by atoms with Crippen molar-refractivity contribution >= 4 is 5.69 Å². The van der Waals surface area contributed by atoms with Crippen molar-refractivity contribution in [3.05, 3.63) is 29.8 Å². The molecule has 1 N–H and O–H groups in total. The van der Waals surface area contributed by atoms with E-state index < -0.39 is 0 Å². The van der Waals surface area contributed by atoms with Crippen LogP contribution in [0, 0.1) is 6.92 Å². The van der Waals surface area contributed by atoms with Crippen molar-refractivity contribution in [2.45, 2.75) is 39.7 Å². The Labute approximate surface area is 98.9 Å². The quantitative estimate of drug-likeness (QED) is 0.798. The van der Waals surface area contributed by atoms with Crippen molar-refractivity contribution in [1.82, 2.24) is 0 Å². The van der Waals surface area contributed by atoms with E-state index in [9.17, 15) is 5.11 Å². The number of nitrogens with zero attached hydrogens (tertiary/aromatic N) is 1. The summed E-state index contributed by atoms with van der Waals surface area (Å²) in [6.07, 6.45) is 1.73. The molecule has 2 nitrogen and oxygen atoms in total. The first-order valence-electron chi connectivity index (χ1n) is 6.13. The van der Waals surface area contributed by atoms with E-state index in [0.717, 1.165) is 25.9 Å². The van der Waals surface area contributed by atoms with Crippen LogP contribution < -0.4 is 4.90 Å². The molecule has 0 aliphatic carbocycles. The van der Waals surface area contributed by atoms with E-state index in [1.54, 1.807) is 0 Å². The highest BCUT2D eigenvalue weighted by Crippen LogP contribution is 2.15. The van der Waals surface area contributed by atoms with Gasteiger partial charge in [-0.3, -0.25) is 0 Å². The van der Waals surface area contributed by atoms with E-state index in [1.807, 2.05) is 6.92 Å². The van der Waals surface area contributed by atoms with Gasteiger partial charge in [-0.15, -0.1) is 0 Å². The molecule has 2 heteroatoms. The molecule has 0 saturated carbocycles. The fraction of sp³-hybridized carbons (Fsp3) is 0.571. The Balaban J connectivity index is 2.50. The summed E-state index contributed by atoms with van der Waals surface area (Å²) in [7, 11) is 0. The summed E-state index contributed by atoms with van der Waals surface area (Å²) in [4.78, 5) is 2.35. The predicted molar refractivity (Wildman–Crippen MR) is 70.0 cm³/mol. The molecule has 0 aliphatic rings. The van der Waals surface area contributed by atoms with Gasteiger partial charge in [0.25, 0.3) is 0 Å². The van der Waals surface area contributed by atoms with E-state index >= 15 is 0 Å². The van der Waals surface area contributed by atoms with Crippen LogP contribution in [0.15, 0.2) is 24.3 Å². The van der Waals surface area contributed by atoms with E-state index in [-0.39, 0.29) is 6.10 Å². The Hall–Kier alpha value is -1.02. The van der Waals surface area contributed by atoms with Gasteiger partial charge in [0.2, 0.25) is 0 Å². The zero-order chi connectivity index (χ0) is 12.0. The van der Waals surface area contributed by atoms with Gasteiger partial charge in [-0.05, 0) is 45.7 Å². The van der Waals surface area contributed by atoms with E-state index in [1.165, 1.54) is 11.3 Å². The second-order valence-corrected chi connectivity index (χ2v) is 4.41. The topological polar surface area (TPSA) is 23.5 Å². The highest BCUT2D eigenvalue weighted by molar-refractivity contribution is 5.47. The molecule has 1 rings (SSSR count). The average Bonchev–Trinajstić information content (AvgIpc) is 2.26. The van der Waals surface area contributed by atoms with Crippen molar-refractivity contribution in [2.75, 3.05) is 18.0 Å². The first-order valence-corrected chi connectivity index (χ1v) is 6.13. The van der Waals surface area contributed by atoms with Crippen molar-refractivity contribution < 1.29 is 5.11 Å². The lowest BCUT2D eigenvalue weighted by molar-refractivity contribution is 0.182. The van der Waals surface area contributed by atoms with Crippen LogP contribution in [0.2, 0.25) is 0 Å². The fourth-order valence-corrected chi connectivity index (χ4v) is 1.80. The van der Waals surface area contributed by atoms with Gasteiger partial charge in [0, 0.05) is 18.8 Å². The smallest absolute Gasteiger partial charge is 0.0512 e. The normalized spacial score (nSPS) is 12.5. The van der Waals surface area contributed by atoms with Crippen LogP contribution in [0.5, 0.6) is 0 Å². The van der Waals surface area contributed by atoms with Gasteiger partial charge in [0.05, 0.1) is 6.10 Å². The minimum Gasteiger partial charge on any atom is -0.393 e. The van der Waals surface area contributed by atoms with Gasteiger partial charge in [-0.1, -0.05) is 17.7 Å². The van der Waals surface area contributed by atoms with Gasteiger partial charge < -0.3 is 10.0 Å². The third-order valence-corrected chi connectivity index (χ3v) is 2.83. The number of aliphatic hydroxyl groups excluding tert-OH is 1. The number of aryl methyl sites for hydroxylation is 1. The molecule has 1 atom stereocenters. The lowest BCUT2D eigenvalue weighted by Gasteiger charge is -2.23. The molecule has 0 bridgehead atoms. The monoisotopic (exact) mass is 221 g/mol. The minimum atomic E-state index is -0.184. The molecule has 0 heterocycles. The summed E-state index contributed by atoms with van der Waals surface area (Å²) in [5.74, 6) is 0. The lowest BCUT2D eigenvalue weighted by Crippen LogP contribution is -2.24. The summed E-state index contributed by atoms with van der Waals surface area (Å²) in [5, 5.41) is 9.23. The van der Waals surface area contributed by atoms with Crippen LogP contribution >= 0.6 is 0 Å². The Kier molecular flexibility index (Phi) is 5.33. The highest BCUT2D eigenvalue weighted by atomic mass is 16.3. The molecule has 0 fully saturated rings. The van der Waals surface area contributed by atoms with Crippen molar-refractivity contribution in [1.29, 1.82) is 0 Å². The molecule has 1 aromatic carbocycles. The summed E-state index contributed by atoms with van der Waals surface area (Å²) in [6.45, 7) is 8.16. The summed E-state index contributed by atoms with van der Waals surface area (Å²) < 4.78 is 0. The molecule has 16 heavy (non-hydrogen) atoms. The number of anilines is 1. The molecule has 1 aromatic rings. The summed E-state index contributed by atoms with van der Waals surface area (Å²) in [5.41, 5.74) is 2.57. The Morgan fingerprint density at radius 2 is 1.88 bits per heavy atom. The zero-order valence-corrected chi connectivity index (χ0v) is 10.6. The maximum Gasteiger partial charge on any atom is 0.0512 e. The number of rotatable bonds is 6. The second-order valence-electron chi connectivity index (χ2n) is 4.41. The van der Waals surface area contributed by atoms with Gasteiger partial charge in [0.15, 0.2) is 0 Å². The van der Waals surface area contributed by atoms with Gasteiger partial charge in [-0.25, -0.2) is 0 Å². The van der Waals surface area contributed by atoms with Crippen molar-refractivity contribution in [3.8, 4) is 0 Å². The first-order chi connectivity index (χ1) is 7.63. The van der Waals surface area contributed by atoms with Gasteiger partial charge >= 0.3 is 0 Å². The van der Waals surface area contributed by atoms with Crippen LogP contribution in [-0.4, -0.2) is 24.3 Å². The van der Waals surface area contributed by atoms with E-state index in [2.05, 4.69) is 43.0 Å². The van der Waals surface area contributed by atoms with Crippen LogP contribution in [0.25, 0.3) is 0 Å². The molecule has 0 aliphatic heterocycles. The first kappa shape index (κ1) is 13.0. The van der Waals surface area contributed by atoms with E-state index in [4.69, 9.17) is 0 Å². The largest absolute Gasteiger partial charge is 0.393 e. The maximum absolute atomic E-state index is 9.23. The number of aliphatic hydroxyl groups is 1. The predicted octanol–water partition coefficient (Wildman–Crippen LogP) is 2.98. The molecule has 0 radical (unpaired) electrons. The Morgan fingerprint density at radius 3 is 2.38 bits per heavy atom. The molecule has 0 spiro atoms. The van der Waals surface area contributed by atoms with Gasteiger partial charge in [-0.2, -0.15) is 0 Å². The maximum atomic E-state index is 9.23. The second kappa shape index (κ2) is 6.54. The number of hydrogen-bond donors (Lipinski definition) is 1. The summed E-state index contributed by atoms with van der Waals surface area (Å²) in [6, 6.07) is 8.63. The lowest BCUT2D eigenvalue weighted by atomic mass is 10.2. The van der Waals surface area contributed by atoms with Crippen LogP contribution in [0.3, 0.4) is 0 Å². The minimum absolute atomic E-state index is 0.184. The van der Waals surface area contributed by atoms with E-state index in [0.29, 0.717) is 0 Å². The van der Waals surface area contributed by atoms with Crippen LogP contribution in [0.4, 0.5) is 5.69 Å². The Bertz CT molecular complexity index is 292. The zero-order valence-electron chi connectivity index (χ0n) is 10.6. The molecule has 0 aromatic heterocycles. The van der Waals surface area contributed by atoms with Crippen LogP contribution in [-0.2, 0) is 0 Å².